The number of nitrogens with one attached hydrogen (secondary N) is 1. The molecule has 2 aliphatic carbocycles. The Labute approximate surface area is 211 Å². The van der Waals surface area contributed by atoms with Gasteiger partial charge in [0.1, 0.15) is 16.9 Å². The second kappa shape index (κ2) is 10.7. The number of hydrogen-bond donors (Lipinski definition) is 1. The molecule has 0 amide bonds. The van der Waals surface area contributed by atoms with Crippen molar-refractivity contribution in [2.45, 2.75) is 88.3 Å². The molecule has 2 aliphatic rings. The number of carbonyl (C=O) groups excluding carboxylic acids is 1. The first-order valence-electron chi connectivity index (χ1n) is 12.6. The maximum atomic E-state index is 14.3. The van der Waals surface area contributed by atoms with E-state index in [1.165, 1.54) is 25.3 Å². The minimum absolute atomic E-state index is 0.0408. The summed E-state index contributed by atoms with van der Waals surface area (Å²) in [6, 6.07) is 7.40. The Kier molecular flexibility index (Phi) is 7.97. The molecule has 0 heterocycles. The van der Waals surface area contributed by atoms with Gasteiger partial charge in [0, 0.05) is 6.54 Å². The number of alkyl halides is 6. The molecule has 0 radical (unpaired) electrons. The lowest BCUT2D eigenvalue weighted by atomic mass is 9.81. The first-order chi connectivity index (χ1) is 17.4. The number of benzene rings is 2. The fourth-order valence-corrected chi connectivity index (χ4v) is 5.70. The van der Waals surface area contributed by atoms with Gasteiger partial charge in [-0.3, -0.25) is 10.1 Å². The summed E-state index contributed by atoms with van der Waals surface area (Å²) >= 11 is 0. The van der Waals surface area contributed by atoms with Crippen molar-refractivity contribution in [3.8, 4) is 5.75 Å². The fourth-order valence-electron chi connectivity index (χ4n) is 5.70. The van der Waals surface area contributed by atoms with Crippen LogP contribution in [0.3, 0.4) is 0 Å². The molecule has 0 aliphatic heterocycles. The van der Waals surface area contributed by atoms with Crippen molar-refractivity contribution in [1.29, 1.82) is 0 Å². The molecule has 10 heteroatoms. The molecule has 2 saturated carbocycles. The lowest BCUT2D eigenvalue weighted by Gasteiger charge is -2.35. The largest absolute Gasteiger partial charge is 0.490 e. The zero-order chi connectivity index (χ0) is 26.8. The first kappa shape index (κ1) is 27.5. The summed E-state index contributed by atoms with van der Waals surface area (Å²) in [5.74, 6) is -2.20. The lowest BCUT2D eigenvalue weighted by molar-refractivity contribution is -0.185. The number of carbonyl (C=O) groups is 1. The van der Waals surface area contributed by atoms with Gasteiger partial charge in [-0.2, -0.15) is 26.3 Å². The van der Waals surface area contributed by atoms with Gasteiger partial charge in [0.05, 0.1) is 19.1 Å². The summed E-state index contributed by atoms with van der Waals surface area (Å²) in [6.45, 7) is 0.172. The van der Waals surface area contributed by atoms with E-state index in [2.05, 4.69) is 5.32 Å². The van der Waals surface area contributed by atoms with E-state index in [1.54, 1.807) is 12.1 Å². The van der Waals surface area contributed by atoms with Gasteiger partial charge in [-0.1, -0.05) is 43.5 Å². The Morgan fingerprint density at radius 1 is 0.946 bits per heavy atom. The molecule has 0 unspecified atom stereocenters. The Bertz CT molecular complexity index is 1100. The molecule has 0 bridgehead atoms. The van der Waals surface area contributed by atoms with Crippen molar-refractivity contribution in [3.05, 3.63) is 41.5 Å². The van der Waals surface area contributed by atoms with Crippen molar-refractivity contribution in [2.75, 3.05) is 7.11 Å². The van der Waals surface area contributed by atoms with E-state index >= 15 is 0 Å². The maximum Gasteiger partial charge on any atom is 0.420 e. The van der Waals surface area contributed by atoms with Gasteiger partial charge in [0.15, 0.2) is 0 Å². The second-order valence-electron chi connectivity index (χ2n) is 10.1. The molecular formula is C27H31F6NO3. The molecule has 4 rings (SSSR count). The zero-order valence-corrected chi connectivity index (χ0v) is 20.6. The van der Waals surface area contributed by atoms with Crippen LogP contribution in [0.5, 0.6) is 5.75 Å². The highest BCUT2D eigenvalue weighted by atomic mass is 19.4. The molecule has 0 aromatic heterocycles. The Morgan fingerprint density at radius 2 is 1.62 bits per heavy atom. The van der Waals surface area contributed by atoms with Crippen molar-refractivity contribution >= 4 is 16.7 Å². The average Bonchev–Trinajstić information content (AvgIpc) is 2.86. The predicted molar refractivity (Wildman–Crippen MR) is 126 cm³/mol. The molecule has 2 aromatic carbocycles. The molecule has 0 spiro atoms. The van der Waals surface area contributed by atoms with Crippen LogP contribution in [0.25, 0.3) is 10.8 Å². The Hall–Kier alpha value is -2.49. The van der Waals surface area contributed by atoms with E-state index in [0.29, 0.717) is 23.8 Å². The number of hydrogen-bond acceptors (Lipinski definition) is 4. The maximum absolute atomic E-state index is 14.3. The molecule has 1 N–H and O–H groups in total. The third kappa shape index (κ3) is 5.99. The SMILES string of the molecule is COC(=O)C1(NCc2cccc3c(C(F)(F)F)c(OC4CCC(C(F)(F)F)CC4)ccc23)CCCCC1. The molecule has 0 saturated heterocycles. The summed E-state index contributed by atoms with van der Waals surface area (Å²) < 4.78 is 92.4. The zero-order valence-electron chi connectivity index (χ0n) is 20.6. The summed E-state index contributed by atoms with van der Waals surface area (Å²) in [4.78, 5) is 12.6. The van der Waals surface area contributed by atoms with Gasteiger partial charge >= 0.3 is 18.3 Å². The number of esters is 1. The smallest absolute Gasteiger partial charge is 0.420 e. The third-order valence-electron chi connectivity index (χ3n) is 7.73. The fraction of sp³-hybridized carbons (Fsp3) is 0.593. The van der Waals surface area contributed by atoms with Crippen LogP contribution in [0, 0.1) is 5.92 Å². The number of fused-ring (bicyclic) bond motifs is 1. The van der Waals surface area contributed by atoms with E-state index in [0.717, 1.165) is 19.3 Å². The molecular weight excluding hydrogens is 500 g/mol. The average molecular weight is 532 g/mol. The predicted octanol–water partition coefficient (Wildman–Crippen LogP) is 7.32. The lowest BCUT2D eigenvalue weighted by Crippen LogP contribution is -2.53. The Morgan fingerprint density at radius 3 is 2.22 bits per heavy atom. The topological polar surface area (TPSA) is 47.6 Å². The van der Waals surface area contributed by atoms with Gasteiger partial charge in [-0.15, -0.1) is 0 Å². The van der Waals surface area contributed by atoms with Crippen LogP contribution in [-0.4, -0.2) is 30.9 Å². The second-order valence-corrected chi connectivity index (χ2v) is 10.1. The summed E-state index contributed by atoms with van der Waals surface area (Å²) in [5, 5.41) is 3.59. The number of rotatable bonds is 6. The van der Waals surface area contributed by atoms with Crippen LogP contribution in [0.1, 0.15) is 68.9 Å². The van der Waals surface area contributed by atoms with Crippen molar-refractivity contribution in [3.63, 3.8) is 0 Å². The van der Waals surface area contributed by atoms with Crippen LogP contribution < -0.4 is 10.1 Å². The molecule has 37 heavy (non-hydrogen) atoms. The van der Waals surface area contributed by atoms with Gasteiger partial charge in [0.2, 0.25) is 0 Å². The molecule has 4 nitrogen and oxygen atoms in total. The van der Waals surface area contributed by atoms with Crippen LogP contribution in [0.4, 0.5) is 26.3 Å². The van der Waals surface area contributed by atoms with E-state index in [9.17, 15) is 31.1 Å². The van der Waals surface area contributed by atoms with E-state index < -0.39 is 35.5 Å². The van der Waals surface area contributed by atoms with Gasteiger partial charge in [-0.05, 0) is 60.9 Å². The summed E-state index contributed by atoms with van der Waals surface area (Å²) in [7, 11) is 1.32. The highest BCUT2D eigenvalue weighted by Crippen LogP contribution is 2.44. The standard InChI is InChI=1S/C27H31F6NO3/c1-36-24(35)25(14-3-2-4-15-25)34-16-17-6-5-7-21-20(17)12-13-22(23(21)27(31,32)33)37-19-10-8-18(9-11-19)26(28,29)30/h5-7,12-13,18-19,34H,2-4,8-11,14-16H2,1H3. The highest BCUT2D eigenvalue weighted by Gasteiger charge is 2.43. The molecule has 0 atom stereocenters. The minimum atomic E-state index is -4.74. The normalized spacial score (nSPS) is 22.6. The molecule has 2 aromatic rings. The van der Waals surface area contributed by atoms with Crippen molar-refractivity contribution in [1.82, 2.24) is 5.32 Å². The van der Waals surface area contributed by atoms with Crippen LogP contribution in [-0.2, 0) is 22.3 Å². The van der Waals surface area contributed by atoms with Gasteiger partial charge in [-0.25, -0.2) is 0 Å². The van der Waals surface area contributed by atoms with Crippen LogP contribution in [0.15, 0.2) is 30.3 Å². The van der Waals surface area contributed by atoms with Gasteiger partial charge < -0.3 is 9.47 Å². The quantitative estimate of drug-likeness (QED) is 0.313. The number of halogens is 6. The molecule has 204 valence electrons. The Balaban J connectivity index is 1.60. The summed E-state index contributed by atoms with van der Waals surface area (Å²) in [6.07, 6.45) is -6.12. The first-order valence-corrected chi connectivity index (χ1v) is 12.6. The van der Waals surface area contributed by atoms with E-state index in [-0.39, 0.29) is 49.3 Å². The number of methoxy groups -OCH3 is 1. The van der Waals surface area contributed by atoms with Gasteiger partial charge in [0.25, 0.3) is 0 Å². The molecule has 2 fully saturated rings. The third-order valence-corrected chi connectivity index (χ3v) is 7.73. The van der Waals surface area contributed by atoms with Crippen molar-refractivity contribution in [2.24, 2.45) is 5.92 Å². The van der Waals surface area contributed by atoms with E-state index in [1.807, 2.05) is 0 Å². The van der Waals surface area contributed by atoms with E-state index in [4.69, 9.17) is 9.47 Å². The monoisotopic (exact) mass is 531 g/mol. The summed E-state index contributed by atoms with van der Waals surface area (Å²) in [5.41, 5.74) is -1.22. The number of ether oxygens (including phenoxy) is 2. The van der Waals surface area contributed by atoms with Crippen molar-refractivity contribution < 1.29 is 40.6 Å². The van der Waals surface area contributed by atoms with Crippen LogP contribution >= 0.6 is 0 Å². The van der Waals surface area contributed by atoms with Crippen LogP contribution in [0.2, 0.25) is 0 Å². The highest BCUT2D eigenvalue weighted by molar-refractivity contribution is 5.91. The minimum Gasteiger partial charge on any atom is -0.490 e.